The van der Waals surface area contributed by atoms with Gasteiger partial charge in [0.05, 0.1) is 17.3 Å². The largest absolute Gasteiger partial charge is 0.478 e. The second-order valence-electron chi connectivity index (χ2n) is 6.79. The lowest BCUT2D eigenvalue weighted by Crippen LogP contribution is -2.36. The van der Waals surface area contributed by atoms with Crippen LogP contribution in [0.5, 0.6) is 0 Å². The topological polar surface area (TPSA) is 66.8 Å². The molecule has 0 saturated heterocycles. The molecule has 5 nitrogen and oxygen atoms in total. The van der Waals surface area contributed by atoms with Crippen LogP contribution < -0.4 is 0 Å². The van der Waals surface area contributed by atoms with E-state index < -0.39 is 17.9 Å². The summed E-state index contributed by atoms with van der Waals surface area (Å²) in [6.45, 7) is 9.61. The molecule has 1 heterocycles. The van der Waals surface area contributed by atoms with Gasteiger partial charge in [-0.2, -0.15) is 0 Å². The quantitative estimate of drug-likeness (QED) is 0.553. The van der Waals surface area contributed by atoms with Crippen LogP contribution in [0.25, 0.3) is 0 Å². The fourth-order valence-corrected chi connectivity index (χ4v) is 4.22. The Morgan fingerprint density at radius 3 is 2.30 bits per heavy atom. The molecule has 146 valence electrons. The number of hydrogen-bond donors (Lipinski definition) is 1. The molecule has 0 saturated carbocycles. The summed E-state index contributed by atoms with van der Waals surface area (Å²) >= 11 is 1.70. The summed E-state index contributed by atoms with van der Waals surface area (Å²) in [6, 6.07) is 10.0. The van der Waals surface area contributed by atoms with Crippen LogP contribution in [0.15, 0.2) is 57.8 Å². The van der Waals surface area contributed by atoms with Gasteiger partial charge >= 0.3 is 11.9 Å². The molecule has 2 rings (SSSR count). The van der Waals surface area contributed by atoms with Gasteiger partial charge in [0, 0.05) is 34.5 Å². The molecule has 0 spiro atoms. The highest BCUT2D eigenvalue weighted by Crippen LogP contribution is 2.36. The van der Waals surface area contributed by atoms with Crippen molar-refractivity contribution in [2.75, 3.05) is 12.3 Å². The van der Waals surface area contributed by atoms with E-state index in [-0.39, 0.29) is 11.7 Å². The molecular weight excluding hydrogens is 362 g/mol. The first-order valence-electron chi connectivity index (χ1n) is 9.05. The lowest BCUT2D eigenvalue weighted by Gasteiger charge is -2.36. The molecule has 0 bridgehead atoms. The Hall–Kier alpha value is -2.21. The molecule has 1 aromatic rings. The third-order valence-corrected chi connectivity index (χ3v) is 5.57. The van der Waals surface area contributed by atoms with Gasteiger partial charge in [0.25, 0.3) is 0 Å². The van der Waals surface area contributed by atoms with E-state index in [1.54, 1.807) is 39.5 Å². The van der Waals surface area contributed by atoms with E-state index in [1.807, 2.05) is 42.2 Å². The molecule has 0 radical (unpaired) electrons. The van der Waals surface area contributed by atoms with E-state index in [0.717, 1.165) is 16.3 Å². The fraction of sp³-hybridized carbons (Fsp3) is 0.429. The molecule has 27 heavy (non-hydrogen) atoms. The number of allylic oxidation sites excluding steroid dienone is 2. The molecule has 1 unspecified atom stereocenters. The number of ether oxygens (including phenoxy) is 1. The fourth-order valence-electron chi connectivity index (χ4n) is 3.36. The molecule has 6 heteroatoms. The molecule has 0 aliphatic carbocycles. The Morgan fingerprint density at radius 2 is 1.74 bits per heavy atom. The SMILES string of the molecule is CC1=C(C(=O)O)C(C)C(C(=O)OC(C)C)=C(C)N1CCSc1ccccc1. The number of benzene rings is 1. The van der Waals surface area contributed by atoms with Crippen molar-refractivity contribution in [3.8, 4) is 0 Å². The van der Waals surface area contributed by atoms with Crippen molar-refractivity contribution in [1.82, 2.24) is 4.90 Å². The summed E-state index contributed by atoms with van der Waals surface area (Å²) < 4.78 is 5.37. The zero-order valence-electron chi connectivity index (χ0n) is 16.5. The van der Waals surface area contributed by atoms with Crippen LogP contribution >= 0.6 is 11.8 Å². The average Bonchev–Trinajstić information content (AvgIpc) is 2.57. The maximum absolute atomic E-state index is 12.6. The summed E-state index contributed by atoms with van der Waals surface area (Å²) in [4.78, 5) is 27.5. The van der Waals surface area contributed by atoms with E-state index in [4.69, 9.17) is 4.74 Å². The smallest absolute Gasteiger partial charge is 0.336 e. The first-order chi connectivity index (χ1) is 12.7. The van der Waals surface area contributed by atoms with Gasteiger partial charge < -0.3 is 14.7 Å². The van der Waals surface area contributed by atoms with Gasteiger partial charge in [0.2, 0.25) is 0 Å². The van der Waals surface area contributed by atoms with Crippen molar-refractivity contribution in [2.45, 2.75) is 45.6 Å². The summed E-state index contributed by atoms with van der Waals surface area (Å²) in [7, 11) is 0. The third kappa shape index (κ3) is 4.95. The number of nitrogens with zero attached hydrogens (tertiary/aromatic N) is 1. The summed E-state index contributed by atoms with van der Waals surface area (Å²) in [6.07, 6.45) is -0.257. The Morgan fingerprint density at radius 1 is 1.15 bits per heavy atom. The van der Waals surface area contributed by atoms with Crippen molar-refractivity contribution in [3.63, 3.8) is 0 Å². The number of aliphatic carboxylic acids is 1. The lowest BCUT2D eigenvalue weighted by atomic mass is 9.86. The molecule has 1 aliphatic rings. The van der Waals surface area contributed by atoms with Crippen LogP contribution in [-0.2, 0) is 14.3 Å². The number of esters is 1. The highest BCUT2D eigenvalue weighted by Gasteiger charge is 2.36. The monoisotopic (exact) mass is 389 g/mol. The number of carbonyl (C=O) groups excluding carboxylic acids is 1. The van der Waals surface area contributed by atoms with Gasteiger partial charge in [-0.15, -0.1) is 11.8 Å². The summed E-state index contributed by atoms with van der Waals surface area (Å²) in [5.74, 6) is -1.18. The van der Waals surface area contributed by atoms with Crippen molar-refractivity contribution >= 4 is 23.7 Å². The number of rotatable bonds is 7. The molecular formula is C21H27NO4S. The van der Waals surface area contributed by atoms with Crippen molar-refractivity contribution < 1.29 is 19.4 Å². The first-order valence-corrected chi connectivity index (χ1v) is 10.0. The number of carboxylic acid groups (broad SMARTS) is 1. The minimum absolute atomic E-state index is 0.251. The van der Waals surface area contributed by atoms with Gasteiger partial charge in [0.1, 0.15) is 0 Å². The number of hydrogen-bond acceptors (Lipinski definition) is 5. The first kappa shape index (κ1) is 21.1. The van der Waals surface area contributed by atoms with Crippen molar-refractivity contribution in [1.29, 1.82) is 0 Å². The summed E-state index contributed by atoms with van der Waals surface area (Å²) in [5, 5.41) is 9.70. The van der Waals surface area contributed by atoms with E-state index in [2.05, 4.69) is 0 Å². The van der Waals surface area contributed by atoms with Crippen LogP contribution in [0.3, 0.4) is 0 Å². The Labute approximate surface area is 165 Å². The molecule has 1 atom stereocenters. The van der Waals surface area contributed by atoms with Crippen LogP contribution in [0.1, 0.15) is 34.6 Å². The molecule has 0 fully saturated rings. The van der Waals surface area contributed by atoms with E-state index in [1.165, 1.54) is 0 Å². The third-order valence-electron chi connectivity index (χ3n) is 4.58. The van der Waals surface area contributed by atoms with Gasteiger partial charge in [0.15, 0.2) is 0 Å². The standard InChI is InChI=1S/C21H27NO4S/c1-13(2)26-21(25)19-14(3)18(20(23)24)15(4)22(16(19)5)11-12-27-17-9-7-6-8-10-17/h6-10,13-14H,11-12H2,1-5H3,(H,23,24). The number of carbonyl (C=O) groups is 2. The maximum Gasteiger partial charge on any atom is 0.336 e. The minimum Gasteiger partial charge on any atom is -0.478 e. The van der Waals surface area contributed by atoms with Gasteiger partial charge in [-0.05, 0) is 39.8 Å². The normalized spacial score (nSPS) is 17.6. The van der Waals surface area contributed by atoms with E-state index in [0.29, 0.717) is 17.8 Å². The highest BCUT2D eigenvalue weighted by molar-refractivity contribution is 7.99. The Balaban J connectivity index is 2.28. The van der Waals surface area contributed by atoms with Crippen LogP contribution in [0, 0.1) is 5.92 Å². The predicted octanol–water partition coefficient (Wildman–Crippen LogP) is 4.31. The van der Waals surface area contributed by atoms with Gasteiger partial charge in [-0.1, -0.05) is 25.1 Å². The molecule has 1 aliphatic heterocycles. The second-order valence-corrected chi connectivity index (χ2v) is 7.96. The highest BCUT2D eigenvalue weighted by atomic mass is 32.2. The number of carboxylic acids is 1. The van der Waals surface area contributed by atoms with Gasteiger partial charge in [-0.3, -0.25) is 0 Å². The second kappa shape index (κ2) is 9.13. The molecule has 0 aromatic heterocycles. The van der Waals surface area contributed by atoms with E-state index >= 15 is 0 Å². The predicted molar refractivity (Wildman–Crippen MR) is 107 cm³/mol. The van der Waals surface area contributed by atoms with Crippen molar-refractivity contribution in [3.05, 3.63) is 52.9 Å². The molecule has 1 N–H and O–H groups in total. The molecule has 1 aromatic carbocycles. The minimum atomic E-state index is -0.997. The van der Waals surface area contributed by atoms with Gasteiger partial charge in [-0.25, -0.2) is 9.59 Å². The van der Waals surface area contributed by atoms with Crippen LogP contribution in [-0.4, -0.2) is 40.3 Å². The van der Waals surface area contributed by atoms with Crippen molar-refractivity contribution in [2.24, 2.45) is 5.92 Å². The molecule has 0 amide bonds. The number of thioether (sulfide) groups is 1. The Kier molecular flexibility index (Phi) is 7.13. The average molecular weight is 390 g/mol. The Bertz CT molecular complexity index is 768. The van der Waals surface area contributed by atoms with Crippen LogP contribution in [0.4, 0.5) is 0 Å². The zero-order valence-corrected chi connectivity index (χ0v) is 17.3. The summed E-state index contributed by atoms with van der Waals surface area (Å²) in [5.41, 5.74) is 2.13. The zero-order chi connectivity index (χ0) is 20.1. The van der Waals surface area contributed by atoms with Crippen LogP contribution in [0.2, 0.25) is 0 Å². The maximum atomic E-state index is 12.6. The lowest BCUT2D eigenvalue weighted by molar-refractivity contribution is -0.143. The van der Waals surface area contributed by atoms with E-state index in [9.17, 15) is 14.7 Å².